The van der Waals surface area contributed by atoms with Gasteiger partial charge in [0.15, 0.2) is 23.1 Å². The fraction of sp³-hybridized carbons (Fsp3) is 0.125. The fourth-order valence-electron chi connectivity index (χ4n) is 3.65. The number of carbonyl (C=O) groups excluding carboxylic acids is 4. The molecule has 4 aromatic carbocycles. The zero-order valence-corrected chi connectivity index (χ0v) is 28.1. The van der Waals surface area contributed by atoms with Crippen molar-refractivity contribution in [1.82, 2.24) is 0 Å². The molecule has 0 saturated carbocycles. The van der Waals surface area contributed by atoms with Crippen LogP contribution in [-0.4, -0.2) is 33.8 Å². The van der Waals surface area contributed by atoms with Crippen LogP contribution in [0.3, 0.4) is 0 Å². The fourth-order valence-corrected chi connectivity index (χ4v) is 4.29. The Hall–Kier alpha value is -2.52. The molecule has 4 aromatic rings. The highest BCUT2D eigenvalue weighted by molar-refractivity contribution is 9.93. The van der Waals surface area contributed by atoms with Crippen molar-refractivity contribution in [3.05, 3.63) is 119 Å². The molecule has 0 aliphatic heterocycles. The molecule has 0 N–H and O–H groups in total. The standard InChI is InChI=1S/C16H12Br2O2.C16H14O2.Br2/c17-9-15(19)13-5-1-11(2-6-13)12-3-7-14(8-4-12)16(20)10-18;1-11(17)13-3-7-15(8-4-13)16-9-5-14(6-10-16)12(2)18;1-2/h1-8H,9-10H2;3-10H,1-2H3;. The van der Waals surface area contributed by atoms with Crippen LogP contribution in [0.5, 0.6) is 0 Å². The molecular weight excluding hydrogens is 768 g/mol. The molecule has 0 spiro atoms. The molecule has 0 fully saturated rings. The van der Waals surface area contributed by atoms with Crippen molar-refractivity contribution in [2.45, 2.75) is 13.8 Å². The molecule has 0 atom stereocenters. The number of hydrogen-bond donors (Lipinski definition) is 0. The van der Waals surface area contributed by atoms with Crippen molar-refractivity contribution < 1.29 is 19.2 Å². The molecule has 0 aliphatic carbocycles. The molecule has 4 rings (SSSR count). The van der Waals surface area contributed by atoms with Crippen molar-refractivity contribution in [3.63, 3.8) is 0 Å². The molecule has 0 bridgehead atoms. The minimum atomic E-state index is 0.0634. The van der Waals surface area contributed by atoms with E-state index in [0.717, 1.165) is 22.3 Å². The third-order valence-corrected chi connectivity index (χ3v) is 6.92. The summed E-state index contributed by atoms with van der Waals surface area (Å²) in [6.07, 6.45) is 0. The SMILES string of the molecule is BrBr.CC(=O)c1ccc(-c2ccc(C(C)=O)cc2)cc1.O=C(CBr)c1ccc(-c2ccc(C(=O)CBr)cc2)cc1. The highest BCUT2D eigenvalue weighted by atomic mass is 80.9. The minimum Gasteiger partial charge on any atom is -0.295 e. The zero-order valence-electron chi connectivity index (χ0n) is 21.8. The lowest BCUT2D eigenvalue weighted by Crippen LogP contribution is -1.99. The Bertz CT molecular complexity index is 1320. The Labute approximate surface area is 266 Å². The van der Waals surface area contributed by atoms with Gasteiger partial charge < -0.3 is 0 Å². The maximum absolute atomic E-state index is 11.5. The van der Waals surface area contributed by atoms with Crippen LogP contribution in [0.4, 0.5) is 0 Å². The second kappa shape index (κ2) is 17.3. The topological polar surface area (TPSA) is 68.3 Å². The quantitative estimate of drug-likeness (QED) is 0.132. The zero-order chi connectivity index (χ0) is 29.7. The Morgan fingerprint density at radius 2 is 0.625 bits per heavy atom. The minimum absolute atomic E-state index is 0.0634. The van der Waals surface area contributed by atoms with Gasteiger partial charge in [-0.15, -0.1) is 0 Å². The number of alkyl halides is 2. The monoisotopic (exact) mass is 790 g/mol. The van der Waals surface area contributed by atoms with Crippen LogP contribution in [0.25, 0.3) is 22.3 Å². The first-order valence-corrected chi connectivity index (χ1v) is 17.9. The number of hydrogen-bond acceptors (Lipinski definition) is 4. The van der Waals surface area contributed by atoms with Crippen LogP contribution in [0.2, 0.25) is 0 Å². The van der Waals surface area contributed by atoms with Crippen molar-refractivity contribution in [3.8, 4) is 22.3 Å². The molecule has 0 unspecified atom stereocenters. The van der Waals surface area contributed by atoms with E-state index in [1.165, 1.54) is 0 Å². The van der Waals surface area contributed by atoms with Crippen molar-refractivity contribution in [1.29, 1.82) is 0 Å². The molecule has 8 heteroatoms. The summed E-state index contributed by atoms with van der Waals surface area (Å²) in [6.45, 7) is 3.10. The van der Waals surface area contributed by atoms with Gasteiger partial charge in [0.1, 0.15) is 0 Å². The lowest BCUT2D eigenvalue weighted by atomic mass is 10.0. The van der Waals surface area contributed by atoms with Crippen LogP contribution in [0.1, 0.15) is 55.3 Å². The molecule has 0 amide bonds. The van der Waals surface area contributed by atoms with Crippen LogP contribution in [-0.2, 0) is 0 Å². The maximum atomic E-state index is 11.5. The van der Waals surface area contributed by atoms with E-state index >= 15 is 0 Å². The van der Waals surface area contributed by atoms with E-state index in [1.807, 2.05) is 97.1 Å². The van der Waals surface area contributed by atoms with Gasteiger partial charge in [-0.2, -0.15) is 0 Å². The number of benzene rings is 4. The Morgan fingerprint density at radius 3 is 0.800 bits per heavy atom. The van der Waals surface area contributed by atoms with Crippen LogP contribution >= 0.6 is 60.1 Å². The molecule has 40 heavy (non-hydrogen) atoms. The molecule has 0 saturated heterocycles. The molecule has 0 aliphatic rings. The van der Waals surface area contributed by atoms with E-state index in [1.54, 1.807) is 13.8 Å². The van der Waals surface area contributed by atoms with Gasteiger partial charge in [0.25, 0.3) is 0 Å². The second-order valence-corrected chi connectivity index (χ2v) is 9.66. The smallest absolute Gasteiger partial charge is 0.173 e. The largest absolute Gasteiger partial charge is 0.295 e. The third-order valence-electron chi connectivity index (χ3n) is 5.91. The average Bonchev–Trinajstić information content (AvgIpc) is 3.01. The van der Waals surface area contributed by atoms with Gasteiger partial charge in [0, 0.05) is 50.5 Å². The first kappa shape index (κ1) is 33.7. The van der Waals surface area contributed by atoms with E-state index < -0.39 is 0 Å². The number of rotatable bonds is 8. The van der Waals surface area contributed by atoms with E-state index in [2.05, 4.69) is 60.1 Å². The Balaban J connectivity index is 0.000000265. The predicted octanol–water partition coefficient (Wildman–Crippen LogP) is 9.96. The van der Waals surface area contributed by atoms with Gasteiger partial charge in [-0.25, -0.2) is 0 Å². The summed E-state index contributed by atoms with van der Waals surface area (Å²) in [4.78, 5) is 45.4. The average molecular weight is 794 g/mol. The number of ketones is 4. The van der Waals surface area contributed by atoms with E-state index in [0.29, 0.717) is 32.9 Å². The third kappa shape index (κ3) is 9.84. The Kier molecular flexibility index (Phi) is 14.6. The van der Waals surface area contributed by atoms with Gasteiger partial charge in [0.05, 0.1) is 10.7 Å². The highest BCUT2D eigenvalue weighted by Gasteiger charge is 2.07. The molecule has 0 radical (unpaired) electrons. The van der Waals surface area contributed by atoms with E-state index in [4.69, 9.17) is 0 Å². The summed E-state index contributed by atoms with van der Waals surface area (Å²) in [5.74, 6) is 0.256. The first-order valence-electron chi connectivity index (χ1n) is 12.0. The number of halogens is 4. The van der Waals surface area contributed by atoms with Crippen LogP contribution in [0.15, 0.2) is 97.1 Å². The highest BCUT2D eigenvalue weighted by Crippen LogP contribution is 2.22. The van der Waals surface area contributed by atoms with Crippen molar-refractivity contribution in [2.24, 2.45) is 0 Å². The summed E-state index contributed by atoms with van der Waals surface area (Å²) in [5, 5.41) is 0.658. The molecule has 206 valence electrons. The van der Waals surface area contributed by atoms with Gasteiger partial charge in [0.2, 0.25) is 0 Å². The summed E-state index contributed by atoms with van der Waals surface area (Å²) >= 11 is 11.8. The van der Waals surface area contributed by atoms with E-state index in [9.17, 15) is 19.2 Å². The summed E-state index contributed by atoms with van der Waals surface area (Å²) in [7, 11) is 0. The summed E-state index contributed by atoms with van der Waals surface area (Å²) in [6, 6.07) is 29.8. The lowest BCUT2D eigenvalue weighted by Gasteiger charge is -2.04. The van der Waals surface area contributed by atoms with Gasteiger partial charge >= 0.3 is 0 Å². The summed E-state index contributed by atoms with van der Waals surface area (Å²) < 4.78 is 0. The Morgan fingerprint density at radius 1 is 0.425 bits per heavy atom. The van der Waals surface area contributed by atoms with Crippen LogP contribution < -0.4 is 0 Å². The predicted molar refractivity (Wildman–Crippen MR) is 178 cm³/mol. The molecular formula is C32H26Br4O4. The van der Waals surface area contributed by atoms with Gasteiger partial charge in [-0.1, -0.05) is 129 Å². The molecule has 0 heterocycles. The normalized spacial score (nSPS) is 9.85. The lowest BCUT2D eigenvalue weighted by molar-refractivity contribution is 0.100. The van der Waals surface area contributed by atoms with Gasteiger partial charge in [-0.05, 0) is 36.1 Å². The molecule has 0 aromatic heterocycles. The number of Topliss-reactive ketones (excluding diaryl/α,β-unsaturated/α-hetero) is 4. The summed E-state index contributed by atoms with van der Waals surface area (Å²) in [5.41, 5.74) is 6.92. The van der Waals surface area contributed by atoms with Crippen LogP contribution in [0, 0.1) is 0 Å². The van der Waals surface area contributed by atoms with E-state index in [-0.39, 0.29) is 23.1 Å². The second-order valence-electron chi connectivity index (χ2n) is 8.54. The van der Waals surface area contributed by atoms with Crippen molar-refractivity contribution >= 4 is 83.2 Å². The first-order chi connectivity index (χ1) is 19.2. The van der Waals surface area contributed by atoms with Crippen molar-refractivity contribution in [2.75, 3.05) is 10.7 Å². The molecule has 4 nitrogen and oxygen atoms in total. The van der Waals surface area contributed by atoms with Gasteiger partial charge in [-0.3, -0.25) is 19.2 Å². The maximum Gasteiger partial charge on any atom is 0.173 e. The number of carbonyl (C=O) groups is 4.